The Labute approximate surface area is 98.3 Å². The number of fused-ring (bicyclic) bond motifs is 2. The minimum absolute atomic E-state index is 0.394. The fraction of sp³-hybridized carbons (Fsp3) is 1.00. The molecule has 0 saturated carbocycles. The van der Waals surface area contributed by atoms with E-state index in [-0.39, 0.29) is 0 Å². The molecule has 3 rings (SSSR count). The SMILES string of the molecule is CC1C(N)CCN(C2CC3CCC2O3)C1C. The zero-order valence-electron chi connectivity index (χ0n) is 10.4. The standard InChI is InChI=1S/C13H24N2O/c1-8-9(2)15(6-5-11(8)14)12-7-10-3-4-13(12)16-10/h8-13H,3-7,14H2,1-2H3. The first-order valence-corrected chi connectivity index (χ1v) is 6.83. The molecule has 3 nitrogen and oxygen atoms in total. The van der Waals surface area contributed by atoms with Crippen molar-refractivity contribution in [2.24, 2.45) is 11.7 Å². The van der Waals surface area contributed by atoms with Crippen LogP contribution in [0, 0.1) is 5.92 Å². The topological polar surface area (TPSA) is 38.5 Å². The summed E-state index contributed by atoms with van der Waals surface area (Å²) < 4.78 is 5.98. The Morgan fingerprint density at radius 1 is 1.19 bits per heavy atom. The van der Waals surface area contributed by atoms with Gasteiger partial charge in [0.1, 0.15) is 0 Å². The maximum absolute atomic E-state index is 6.15. The molecule has 2 N–H and O–H groups in total. The first-order valence-electron chi connectivity index (χ1n) is 6.83. The van der Waals surface area contributed by atoms with Gasteiger partial charge in [0.25, 0.3) is 0 Å². The molecule has 3 aliphatic rings. The molecule has 16 heavy (non-hydrogen) atoms. The van der Waals surface area contributed by atoms with Gasteiger partial charge < -0.3 is 10.5 Å². The molecular weight excluding hydrogens is 200 g/mol. The summed E-state index contributed by atoms with van der Waals surface area (Å²) in [5.41, 5.74) is 6.15. The predicted octanol–water partition coefficient (Wildman–Crippen LogP) is 1.36. The van der Waals surface area contributed by atoms with Crippen LogP contribution in [0.15, 0.2) is 0 Å². The van der Waals surface area contributed by atoms with E-state index >= 15 is 0 Å². The van der Waals surface area contributed by atoms with Crippen molar-refractivity contribution in [3.63, 3.8) is 0 Å². The molecule has 0 amide bonds. The van der Waals surface area contributed by atoms with Crippen molar-refractivity contribution < 1.29 is 4.74 Å². The fourth-order valence-corrected chi connectivity index (χ4v) is 3.85. The highest BCUT2D eigenvalue weighted by Crippen LogP contribution is 2.39. The molecule has 3 heterocycles. The van der Waals surface area contributed by atoms with Crippen molar-refractivity contribution in [1.29, 1.82) is 0 Å². The third kappa shape index (κ3) is 1.60. The third-order valence-electron chi connectivity index (χ3n) is 5.18. The molecule has 0 aromatic rings. The lowest BCUT2D eigenvalue weighted by Crippen LogP contribution is -2.57. The highest BCUT2D eigenvalue weighted by atomic mass is 16.5. The van der Waals surface area contributed by atoms with Crippen LogP contribution in [-0.4, -0.2) is 41.8 Å². The lowest BCUT2D eigenvalue weighted by atomic mass is 9.84. The summed E-state index contributed by atoms with van der Waals surface area (Å²) in [6.45, 7) is 5.81. The minimum atomic E-state index is 0.394. The summed E-state index contributed by atoms with van der Waals surface area (Å²) in [6, 6.07) is 1.70. The van der Waals surface area contributed by atoms with Gasteiger partial charge in [-0.2, -0.15) is 0 Å². The van der Waals surface area contributed by atoms with Crippen molar-refractivity contribution in [3.05, 3.63) is 0 Å². The van der Waals surface area contributed by atoms with Gasteiger partial charge in [-0.15, -0.1) is 0 Å². The maximum atomic E-state index is 6.15. The first-order chi connectivity index (χ1) is 7.66. The first kappa shape index (κ1) is 11.0. The summed E-state index contributed by atoms with van der Waals surface area (Å²) in [5.74, 6) is 0.618. The van der Waals surface area contributed by atoms with E-state index in [2.05, 4.69) is 18.7 Å². The monoisotopic (exact) mass is 224 g/mol. The van der Waals surface area contributed by atoms with Gasteiger partial charge in [0, 0.05) is 24.7 Å². The molecule has 3 heteroatoms. The molecule has 92 valence electrons. The zero-order valence-corrected chi connectivity index (χ0v) is 10.4. The van der Waals surface area contributed by atoms with Crippen LogP contribution in [0.2, 0.25) is 0 Å². The second-order valence-electron chi connectivity index (χ2n) is 5.97. The summed E-state index contributed by atoms with van der Waals surface area (Å²) in [7, 11) is 0. The van der Waals surface area contributed by atoms with Gasteiger partial charge in [0.2, 0.25) is 0 Å². The number of rotatable bonds is 1. The molecule has 0 spiro atoms. The van der Waals surface area contributed by atoms with Crippen molar-refractivity contribution in [3.8, 4) is 0 Å². The molecule has 6 unspecified atom stereocenters. The van der Waals surface area contributed by atoms with Crippen LogP contribution < -0.4 is 5.73 Å². The Morgan fingerprint density at radius 2 is 2.00 bits per heavy atom. The number of hydrogen-bond acceptors (Lipinski definition) is 3. The summed E-state index contributed by atoms with van der Waals surface area (Å²) in [4.78, 5) is 2.68. The molecule has 3 fully saturated rings. The van der Waals surface area contributed by atoms with Gasteiger partial charge in [0.05, 0.1) is 12.2 Å². The van der Waals surface area contributed by atoms with Gasteiger partial charge in [-0.05, 0) is 38.5 Å². The van der Waals surface area contributed by atoms with Gasteiger partial charge >= 0.3 is 0 Å². The number of ether oxygens (including phenoxy) is 1. The van der Waals surface area contributed by atoms with E-state index in [9.17, 15) is 0 Å². The van der Waals surface area contributed by atoms with E-state index < -0.39 is 0 Å². The Kier molecular flexibility index (Phi) is 2.73. The smallest absolute Gasteiger partial charge is 0.0736 e. The Hall–Kier alpha value is -0.120. The van der Waals surface area contributed by atoms with Gasteiger partial charge in [-0.3, -0.25) is 4.90 Å². The van der Waals surface area contributed by atoms with Crippen molar-refractivity contribution >= 4 is 0 Å². The van der Waals surface area contributed by atoms with Crippen LogP contribution in [0.1, 0.15) is 39.5 Å². The van der Waals surface area contributed by atoms with Crippen LogP contribution >= 0.6 is 0 Å². The van der Waals surface area contributed by atoms with Crippen LogP contribution in [0.25, 0.3) is 0 Å². The minimum Gasteiger partial charge on any atom is -0.373 e. The fourth-order valence-electron chi connectivity index (χ4n) is 3.85. The molecule has 0 radical (unpaired) electrons. The number of hydrogen-bond donors (Lipinski definition) is 1. The maximum Gasteiger partial charge on any atom is 0.0736 e. The number of piperidine rings is 1. The third-order valence-corrected chi connectivity index (χ3v) is 5.18. The molecule has 3 aliphatic heterocycles. The highest BCUT2D eigenvalue weighted by molar-refractivity contribution is 4.99. The van der Waals surface area contributed by atoms with Gasteiger partial charge in [-0.25, -0.2) is 0 Å². The Balaban J connectivity index is 1.71. The summed E-state index contributed by atoms with van der Waals surface area (Å²) in [6.07, 6.45) is 6.07. The van der Waals surface area contributed by atoms with Crippen LogP contribution in [0.5, 0.6) is 0 Å². The van der Waals surface area contributed by atoms with E-state index in [1.165, 1.54) is 25.8 Å². The average molecular weight is 224 g/mol. The molecule has 2 bridgehead atoms. The molecule has 6 atom stereocenters. The Morgan fingerprint density at radius 3 is 2.62 bits per heavy atom. The van der Waals surface area contributed by atoms with Crippen molar-refractivity contribution in [1.82, 2.24) is 4.90 Å². The van der Waals surface area contributed by atoms with Crippen molar-refractivity contribution in [2.75, 3.05) is 6.54 Å². The van der Waals surface area contributed by atoms with E-state index in [1.807, 2.05) is 0 Å². The number of likely N-dealkylation sites (tertiary alicyclic amines) is 1. The number of nitrogens with two attached hydrogens (primary N) is 1. The van der Waals surface area contributed by atoms with Crippen LogP contribution in [-0.2, 0) is 4.74 Å². The van der Waals surface area contributed by atoms with E-state index in [0.29, 0.717) is 36.3 Å². The quantitative estimate of drug-likeness (QED) is 0.731. The van der Waals surface area contributed by atoms with Crippen molar-refractivity contribution in [2.45, 2.75) is 69.9 Å². The zero-order chi connectivity index (χ0) is 11.3. The lowest BCUT2D eigenvalue weighted by molar-refractivity contribution is 0.0172. The summed E-state index contributed by atoms with van der Waals surface area (Å²) in [5, 5.41) is 0. The van der Waals surface area contributed by atoms with E-state index in [0.717, 1.165) is 6.42 Å². The Bertz CT molecular complexity index is 271. The van der Waals surface area contributed by atoms with E-state index in [1.54, 1.807) is 0 Å². The second-order valence-corrected chi connectivity index (χ2v) is 5.97. The molecule has 0 aliphatic carbocycles. The van der Waals surface area contributed by atoms with E-state index in [4.69, 9.17) is 10.5 Å². The molecule has 0 aromatic heterocycles. The average Bonchev–Trinajstić information content (AvgIpc) is 2.88. The largest absolute Gasteiger partial charge is 0.373 e. The highest BCUT2D eigenvalue weighted by Gasteiger charge is 2.46. The lowest BCUT2D eigenvalue weighted by Gasteiger charge is -2.46. The number of nitrogens with zero attached hydrogens (tertiary/aromatic N) is 1. The predicted molar refractivity (Wildman–Crippen MR) is 64.2 cm³/mol. The normalized spacial score (nSPS) is 53.4. The van der Waals surface area contributed by atoms with Gasteiger partial charge in [-0.1, -0.05) is 6.92 Å². The van der Waals surface area contributed by atoms with Crippen LogP contribution in [0.3, 0.4) is 0 Å². The van der Waals surface area contributed by atoms with Gasteiger partial charge in [0.15, 0.2) is 0 Å². The second kappa shape index (κ2) is 3.97. The summed E-state index contributed by atoms with van der Waals surface area (Å²) >= 11 is 0. The molecule has 3 saturated heterocycles. The van der Waals surface area contributed by atoms with Crippen LogP contribution in [0.4, 0.5) is 0 Å². The molecule has 0 aromatic carbocycles. The molecular formula is C13H24N2O.